The molecule has 12 heavy (non-hydrogen) atoms. The lowest BCUT2D eigenvalue weighted by molar-refractivity contribution is 0.471. The highest BCUT2D eigenvalue weighted by Gasteiger charge is 2.09. The van der Waals surface area contributed by atoms with Gasteiger partial charge in [0.05, 0.1) is 8.95 Å². The molecule has 0 amide bonds. The summed E-state index contributed by atoms with van der Waals surface area (Å²) in [5.41, 5.74) is 0. The Balaban J connectivity index is 0.00000121. The van der Waals surface area contributed by atoms with Gasteiger partial charge in [-0.15, -0.1) is 0 Å². The van der Waals surface area contributed by atoms with Gasteiger partial charge in [0.25, 0.3) is 0 Å². The first kappa shape index (κ1) is 13.3. The van der Waals surface area contributed by atoms with E-state index in [9.17, 15) is 5.11 Å². The average Bonchev–Trinajstić information content (AvgIpc) is 1.97. The van der Waals surface area contributed by atoms with Gasteiger partial charge in [-0.3, -0.25) is 0 Å². The summed E-state index contributed by atoms with van der Waals surface area (Å²) in [4.78, 5) is 0. The summed E-state index contributed by atoms with van der Waals surface area (Å²) in [6.07, 6.45) is 0. The molecule has 0 aromatic heterocycles. The molecule has 1 nitrogen and oxygen atoms in total. The topological polar surface area (TPSA) is 20.2 Å². The molecule has 0 fully saturated rings. The summed E-state index contributed by atoms with van der Waals surface area (Å²) in [7, 11) is 0. The number of hydrogen-bond donors (Lipinski definition) is 1. The van der Waals surface area contributed by atoms with E-state index in [2.05, 4.69) is 63.7 Å². The molecule has 1 aromatic rings. The van der Waals surface area contributed by atoms with E-state index in [1.165, 1.54) is 0 Å². The minimum Gasteiger partial charge on any atom is -0.507 e. The number of aromatic hydroxyl groups is 1. The van der Waals surface area contributed by atoms with Gasteiger partial charge in [0.2, 0.25) is 0 Å². The van der Waals surface area contributed by atoms with E-state index >= 15 is 0 Å². The van der Waals surface area contributed by atoms with Crippen LogP contribution in [0.3, 0.4) is 0 Å². The van der Waals surface area contributed by atoms with Crippen molar-refractivity contribution in [3.8, 4) is 5.75 Å². The van der Waals surface area contributed by atoms with Crippen molar-refractivity contribution in [2.75, 3.05) is 0 Å². The van der Waals surface area contributed by atoms with Gasteiger partial charge in [-0.1, -0.05) is 0 Å². The number of benzene rings is 1. The number of rotatable bonds is 0. The molecule has 0 radical (unpaired) electrons. The van der Waals surface area contributed by atoms with E-state index in [4.69, 9.17) is 0 Å². The Morgan fingerprint density at radius 1 is 0.917 bits per heavy atom. The third-order valence-corrected chi connectivity index (χ3v) is 5.72. The lowest BCUT2D eigenvalue weighted by atomic mass is 10.3. The molecule has 0 spiro atoms. The Morgan fingerprint density at radius 2 is 1.42 bits per heavy atom. The highest BCUT2D eigenvalue weighted by Crippen LogP contribution is 2.41. The maximum atomic E-state index is 9.28. The zero-order valence-electron chi connectivity index (χ0n) is 5.54. The largest absolute Gasteiger partial charge is 0.507 e. The molecule has 0 aliphatic carbocycles. The van der Waals surface area contributed by atoms with Crippen molar-refractivity contribution in [2.45, 2.75) is 0 Å². The summed E-state index contributed by atoms with van der Waals surface area (Å²) in [6.45, 7) is 0. The summed E-state index contributed by atoms with van der Waals surface area (Å²) in [5, 5.41) is 9.28. The van der Waals surface area contributed by atoms with Crippen LogP contribution in [-0.2, 0) is 0 Å². The summed E-state index contributed by atoms with van der Waals surface area (Å²) in [6, 6.07) is 1.61. The molecule has 0 aliphatic heterocycles. The predicted octanol–water partition coefficient (Wildman–Crippen LogP) is 4.56. The van der Waals surface area contributed by atoms with Crippen LogP contribution in [0.4, 0.5) is 0 Å². The Hall–Kier alpha value is 1.29. The first-order chi connectivity index (χ1) is 5.04. The van der Waals surface area contributed by atoms with Crippen LogP contribution in [-0.4, -0.2) is 5.11 Å². The van der Waals surface area contributed by atoms with Crippen LogP contribution in [0.25, 0.3) is 0 Å². The van der Waals surface area contributed by atoms with Crippen molar-refractivity contribution in [1.82, 2.24) is 0 Å². The van der Waals surface area contributed by atoms with Gasteiger partial charge in [0.15, 0.2) is 0 Å². The number of hydrogen-bond acceptors (Lipinski definition) is 1. The van der Waals surface area contributed by atoms with Crippen molar-refractivity contribution in [1.29, 1.82) is 0 Å². The SMILES string of the molecule is Oc1cc(Br)c(Br)c(Br)c1Br.S. The Kier molecular flexibility index (Phi) is 5.80. The van der Waals surface area contributed by atoms with Gasteiger partial charge in [-0.2, -0.15) is 13.5 Å². The normalized spacial score (nSPS) is 9.33. The van der Waals surface area contributed by atoms with Gasteiger partial charge in [-0.05, 0) is 69.8 Å². The van der Waals surface area contributed by atoms with Gasteiger partial charge in [0, 0.05) is 8.95 Å². The minimum atomic E-state index is 0. The second-order valence-electron chi connectivity index (χ2n) is 1.82. The van der Waals surface area contributed by atoms with E-state index in [1.54, 1.807) is 6.07 Å². The average molecular weight is 444 g/mol. The van der Waals surface area contributed by atoms with Crippen LogP contribution in [0.2, 0.25) is 0 Å². The van der Waals surface area contributed by atoms with Crippen molar-refractivity contribution < 1.29 is 5.11 Å². The highest BCUT2D eigenvalue weighted by molar-refractivity contribution is 9.15. The molecule has 1 N–H and O–H groups in total. The molecule has 0 saturated heterocycles. The maximum Gasteiger partial charge on any atom is 0.132 e. The van der Waals surface area contributed by atoms with Crippen LogP contribution in [0.5, 0.6) is 5.75 Å². The Morgan fingerprint density at radius 3 is 1.92 bits per heavy atom. The fourth-order valence-corrected chi connectivity index (χ4v) is 2.55. The number of halogens is 4. The van der Waals surface area contributed by atoms with E-state index in [1.807, 2.05) is 0 Å². The van der Waals surface area contributed by atoms with E-state index < -0.39 is 0 Å². The molecule has 0 aliphatic rings. The smallest absolute Gasteiger partial charge is 0.132 e. The van der Waals surface area contributed by atoms with Crippen LogP contribution in [0.1, 0.15) is 0 Å². The zero-order chi connectivity index (χ0) is 8.59. The molecular weight excluding hydrogens is 440 g/mol. The molecule has 68 valence electrons. The number of phenols is 1. The molecule has 0 bridgehead atoms. The quantitative estimate of drug-likeness (QED) is 0.460. The van der Waals surface area contributed by atoms with Gasteiger partial charge in [0.1, 0.15) is 5.75 Å². The van der Waals surface area contributed by atoms with Crippen molar-refractivity contribution in [3.63, 3.8) is 0 Å². The molecule has 1 rings (SSSR count). The maximum absolute atomic E-state index is 9.28. The fraction of sp³-hybridized carbons (Fsp3) is 0. The van der Waals surface area contributed by atoms with Crippen LogP contribution < -0.4 is 0 Å². The number of phenolic OH excluding ortho intramolecular Hbond substituents is 1. The third-order valence-electron chi connectivity index (χ3n) is 1.08. The molecule has 0 saturated carbocycles. The monoisotopic (exact) mass is 440 g/mol. The first-order valence-electron chi connectivity index (χ1n) is 2.56. The first-order valence-corrected chi connectivity index (χ1v) is 5.73. The molecule has 0 unspecified atom stereocenters. The second-order valence-corrected chi connectivity index (χ2v) is 5.05. The van der Waals surface area contributed by atoms with E-state index in [-0.39, 0.29) is 19.2 Å². The van der Waals surface area contributed by atoms with Crippen molar-refractivity contribution in [2.24, 2.45) is 0 Å². The second kappa shape index (κ2) is 5.24. The lowest BCUT2D eigenvalue weighted by Crippen LogP contribution is -1.76. The van der Waals surface area contributed by atoms with Crippen molar-refractivity contribution in [3.05, 3.63) is 24.0 Å². The Labute approximate surface area is 111 Å². The lowest BCUT2D eigenvalue weighted by Gasteiger charge is -2.03. The molecule has 6 heteroatoms. The third kappa shape index (κ3) is 2.64. The molecule has 0 heterocycles. The van der Waals surface area contributed by atoms with Crippen molar-refractivity contribution >= 4 is 77.2 Å². The fourth-order valence-electron chi connectivity index (χ4n) is 0.560. The zero-order valence-corrected chi connectivity index (χ0v) is 12.9. The van der Waals surface area contributed by atoms with Gasteiger partial charge < -0.3 is 5.11 Å². The predicted molar refractivity (Wildman–Crippen MR) is 69.3 cm³/mol. The Bertz CT molecular complexity index is 276. The van der Waals surface area contributed by atoms with Crippen LogP contribution in [0, 0.1) is 0 Å². The molecule has 1 aromatic carbocycles. The van der Waals surface area contributed by atoms with Gasteiger partial charge >= 0.3 is 0 Å². The summed E-state index contributed by atoms with van der Waals surface area (Å²) in [5.74, 6) is 0.201. The minimum absolute atomic E-state index is 0. The molecular formula is C6H4Br4OS. The van der Waals surface area contributed by atoms with Crippen LogP contribution >= 0.6 is 77.2 Å². The summed E-state index contributed by atoms with van der Waals surface area (Å²) >= 11 is 13.1. The van der Waals surface area contributed by atoms with E-state index in [0.29, 0.717) is 4.47 Å². The summed E-state index contributed by atoms with van der Waals surface area (Å²) < 4.78 is 3.13. The molecule has 0 atom stereocenters. The standard InChI is InChI=1S/C6H2Br4O.H2S/c7-2-1-3(11)5(9)6(10)4(2)8;/h1,11H;1H2. The highest BCUT2D eigenvalue weighted by atomic mass is 79.9. The van der Waals surface area contributed by atoms with Gasteiger partial charge in [-0.25, -0.2) is 0 Å². The van der Waals surface area contributed by atoms with Crippen LogP contribution in [0.15, 0.2) is 24.0 Å². The van der Waals surface area contributed by atoms with E-state index in [0.717, 1.165) is 13.4 Å².